The number of pyridine rings is 2. The summed E-state index contributed by atoms with van der Waals surface area (Å²) in [6.45, 7) is 8.77. The molecule has 5 heterocycles. The van der Waals surface area contributed by atoms with E-state index >= 15 is 0 Å². The van der Waals surface area contributed by atoms with Crippen LogP contribution in [0.2, 0.25) is 0 Å². The Balaban J connectivity index is 0.000000218. The van der Waals surface area contributed by atoms with Crippen molar-refractivity contribution in [2.45, 2.75) is 33.1 Å². The summed E-state index contributed by atoms with van der Waals surface area (Å²) in [5.41, 5.74) is 10.3. The number of para-hydroxylation sites is 1. The van der Waals surface area contributed by atoms with Crippen LogP contribution in [0.3, 0.4) is 0 Å². The van der Waals surface area contributed by atoms with Crippen LogP contribution in [0.25, 0.3) is 80.8 Å². The van der Waals surface area contributed by atoms with Gasteiger partial charge in [0.05, 0.1) is 5.52 Å². The molecule has 5 aromatic heterocycles. The van der Waals surface area contributed by atoms with E-state index in [4.69, 9.17) is 4.98 Å². The predicted octanol–water partition coefficient (Wildman–Crippen LogP) is 12.2. The molecule has 0 fully saturated rings. The van der Waals surface area contributed by atoms with E-state index in [-0.39, 0.29) is 25.5 Å². The maximum atomic E-state index is 4.75. The molecule has 0 unspecified atom stereocenters. The van der Waals surface area contributed by atoms with Gasteiger partial charge in [-0.3, -0.25) is 0 Å². The molecule has 0 aliphatic rings. The molecule has 0 saturated carbocycles. The van der Waals surface area contributed by atoms with Crippen molar-refractivity contribution in [2.24, 2.45) is 0 Å². The molecule has 5 heteroatoms. The summed E-state index contributed by atoms with van der Waals surface area (Å²) in [6.07, 6.45) is 3.80. The van der Waals surface area contributed by atoms with Crippen molar-refractivity contribution in [2.75, 3.05) is 0 Å². The van der Waals surface area contributed by atoms with Crippen molar-refractivity contribution < 1.29 is 20.1 Å². The maximum Gasteiger partial charge on any atom is 0.0531 e. The number of fused-ring (bicyclic) bond motifs is 10. The third-order valence-electron chi connectivity index (χ3n) is 9.54. The number of benzene rings is 5. The summed E-state index contributed by atoms with van der Waals surface area (Å²) in [7, 11) is 0. The Bertz CT molecular complexity index is 2810. The van der Waals surface area contributed by atoms with Crippen LogP contribution in [-0.4, -0.2) is 14.4 Å². The first-order valence-electron chi connectivity index (χ1n) is 16.7. The first kappa shape index (κ1) is 32.3. The quantitative estimate of drug-likeness (QED) is 0.162. The number of thiophene rings is 1. The van der Waals surface area contributed by atoms with Gasteiger partial charge in [0.15, 0.2) is 0 Å². The third kappa shape index (κ3) is 5.29. The zero-order valence-electron chi connectivity index (χ0n) is 28.2. The zero-order valence-corrected chi connectivity index (χ0v) is 31.4. The average molecular weight is 840 g/mol. The predicted molar refractivity (Wildman–Crippen MR) is 208 cm³/mol. The molecule has 0 bridgehead atoms. The Morgan fingerprint density at radius 3 is 2.24 bits per heavy atom. The van der Waals surface area contributed by atoms with Crippen LogP contribution in [0.5, 0.6) is 0 Å². The molecule has 3 nitrogen and oxygen atoms in total. The molecule has 10 rings (SSSR count). The van der Waals surface area contributed by atoms with Crippen LogP contribution in [0.15, 0.2) is 128 Å². The van der Waals surface area contributed by atoms with Crippen molar-refractivity contribution >= 4 is 69.6 Å². The number of hydrogen-bond acceptors (Lipinski definition) is 3. The van der Waals surface area contributed by atoms with Gasteiger partial charge in [-0.1, -0.05) is 80.8 Å². The Morgan fingerprint density at radius 2 is 1.46 bits per heavy atom. The molecule has 0 aliphatic heterocycles. The SMILES string of the molecule is CC(C)(C)c1ccnc(-c2[c-]cc3c(c2)c2c4sc5ccccc5c4cc4c5ccccc5n3c42)c1.Cc1ccc(-c2[c-]cccc2)nc1.[Ir]. The van der Waals surface area contributed by atoms with Crippen LogP contribution < -0.4 is 0 Å². The molecule has 245 valence electrons. The van der Waals surface area contributed by atoms with Crippen molar-refractivity contribution in [1.82, 2.24) is 14.4 Å². The Labute approximate surface area is 308 Å². The molecular weight excluding hydrogens is 807 g/mol. The molecule has 1 radical (unpaired) electrons. The molecule has 0 aliphatic carbocycles. The van der Waals surface area contributed by atoms with Crippen molar-refractivity contribution in [3.8, 4) is 22.5 Å². The second-order valence-electron chi connectivity index (χ2n) is 13.8. The van der Waals surface area contributed by atoms with Gasteiger partial charge in [-0.2, -0.15) is 0 Å². The molecule has 0 spiro atoms. The monoisotopic (exact) mass is 840 g/mol. The zero-order chi connectivity index (χ0) is 33.3. The minimum absolute atomic E-state index is 0. The summed E-state index contributed by atoms with van der Waals surface area (Å²) < 4.78 is 5.14. The topological polar surface area (TPSA) is 30.2 Å². The molecular formula is C45H33IrN3S-2. The van der Waals surface area contributed by atoms with E-state index in [2.05, 4.69) is 127 Å². The van der Waals surface area contributed by atoms with E-state index in [9.17, 15) is 0 Å². The van der Waals surface area contributed by atoms with Gasteiger partial charge in [0, 0.05) is 74.3 Å². The Morgan fingerprint density at radius 1 is 0.660 bits per heavy atom. The maximum absolute atomic E-state index is 4.75. The second-order valence-corrected chi connectivity index (χ2v) is 14.8. The van der Waals surface area contributed by atoms with Gasteiger partial charge in [0.25, 0.3) is 0 Å². The van der Waals surface area contributed by atoms with Crippen molar-refractivity contribution in [3.05, 3.63) is 151 Å². The van der Waals surface area contributed by atoms with Crippen LogP contribution in [-0.2, 0) is 25.5 Å². The van der Waals surface area contributed by atoms with Gasteiger partial charge in [0.2, 0.25) is 0 Å². The standard InChI is InChI=1S/C33H23N2S.C12H10N.Ir/c1-33(2,3)20-14-15-34-26(17-20)19-12-13-28-25(16-19)30-31-23(21-8-4-6-10-27(21)35(28)31)18-24-22-9-5-7-11-29(22)36-32(24)30;1-10-7-8-12(13-9-10)11-5-3-2-4-6-11;/h4-11,13-18H,1-3H3;2-5,7-9H,1H3;/q2*-1;. The summed E-state index contributed by atoms with van der Waals surface area (Å²) in [4.78, 5) is 9.06. The van der Waals surface area contributed by atoms with Gasteiger partial charge >= 0.3 is 0 Å². The fourth-order valence-electron chi connectivity index (χ4n) is 7.04. The summed E-state index contributed by atoms with van der Waals surface area (Å²) >= 11 is 1.90. The molecule has 50 heavy (non-hydrogen) atoms. The van der Waals surface area contributed by atoms with Crippen molar-refractivity contribution in [1.29, 1.82) is 0 Å². The van der Waals surface area contributed by atoms with Gasteiger partial charge in [-0.05, 0) is 64.6 Å². The van der Waals surface area contributed by atoms with Crippen LogP contribution in [0.1, 0.15) is 31.9 Å². The van der Waals surface area contributed by atoms with Crippen LogP contribution in [0.4, 0.5) is 0 Å². The molecule has 0 atom stereocenters. The third-order valence-corrected chi connectivity index (χ3v) is 10.7. The van der Waals surface area contributed by atoms with Crippen LogP contribution >= 0.6 is 11.3 Å². The van der Waals surface area contributed by atoms with Gasteiger partial charge in [-0.15, -0.1) is 71.0 Å². The fraction of sp³-hybridized carbons (Fsp3) is 0.111. The van der Waals surface area contributed by atoms with E-state index < -0.39 is 0 Å². The average Bonchev–Trinajstić information content (AvgIpc) is 3.78. The molecule has 0 amide bonds. The van der Waals surface area contributed by atoms with E-state index in [0.29, 0.717) is 0 Å². The van der Waals surface area contributed by atoms with Gasteiger partial charge in [-0.25, -0.2) is 0 Å². The minimum atomic E-state index is 0. The second kappa shape index (κ2) is 12.4. The van der Waals surface area contributed by atoms with Gasteiger partial charge in [0.1, 0.15) is 0 Å². The smallest absolute Gasteiger partial charge is 0.0531 e. The number of nitrogens with zero attached hydrogens (tertiary/aromatic N) is 3. The van der Waals surface area contributed by atoms with E-state index in [0.717, 1.165) is 22.5 Å². The number of aryl methyl sites for hydroxylation is 1. The van der Waals surface area contributed by atoms with Gasteiger partial charge < -0.3 is 14.4 Å². The van der Waals surface area contributed by atoms with Crippen LogP contribution in [0, 0.1) is 19.1 Å². The van der Waals surface area contributed by atoms with E-state index in [1.165, 1.54) is 69.4 Å². The molecule has 5 aromatic carbocycles. The van der Waals surface area contributed by atoms with E-state index in [1.807, 2.05) is 61.0 Å². The normalized spacial score (nSPS) is 11.8. The molecule has 0 N–H and O–H groups in total. The molecule has 0 saturated heterocycles. The Hall–Kier alpha value is -4.93. The van der Waals surface area contributed by atoms with E-state index in [1.54, 1.807) is 0 Å². The summed E-state index contributed by atoms with van der Waals surface area (Å²) in [6, 6.07) is 47.5. The summed E-state index contributed by atoms with van der Waals surface area (Å²) in [5.74, 6) is 0. The number of aromatic nitrogens is 3. The fourth-order valence-corrected chi connectivity index (χ4v) is 8.29. The Kier molecular flexibility index (Phi) is 8.03. The molecule has 10 aromatic rings. The first-order chi connectivity index (χ1) is 23.8. The summed E-state index contributed by atoms with van der Waals surface area (Å²) in [5, 5.41) is 7.92. The number of hydrogen-bond donors (Lipinski definition) is 0. The number of rotatable bonds is 2. The minimum Gasteiger partial charge on any atom is -0.350 e. The first-order valence-corrected chi connectivity index (χ1v) is 17.5. The largest absolute Gasteiger partial charge is 0.350 e. The van der Waals surface area contributed by atoms with Crippen molar-refractivity contribution in [3.63, 3.8) is 0 Å².